The SMILES string of the molecule is N#[N+]c1ccc2c(S(=O)(=O)[O-])cccc2c1O.Oc1ccc(C(c2ccc(O)cc2)c2ccc(O)cc2)cc1. The summed E-state index contributed by atoms with van der Waals surface area (Å²) in [5, 5.41) is 47.0. The van der Waals surface area contributed by atoms with Gasteiger partial charge >= 0.3 is 5.69 Å². The van der Waals surface area contributed by atoms with E-state index in [1.165, 1.54) is 24.3 Å². The van der Waals surface area contributed by atoms with E-state index in [1.807, 2.05) is 36.4 Å². The molecule has 0 heterocycles. The molecule has 4 N–H and O–H groups in total. The van der Waals surface area contributed by atoms with Crippen molar-refractivity contribution in [1.82, 2.24) is 0 Å². The fourth-order valence-electron chi connectivity index (χ4n) is 4.18. The maximum atomic E-state index is 11.0. The van der Waals surface area contributed by atoms with Crippen molar-refractivity contribution in [2.24, 2.45) is 0 Å². The third kappa shape index (κ3) is 6.07. The van der Waals surface area contributed by atoms with E-state index < -0.39 is 15.0 Å². The first-order chi connectivity index (χ1) is 18.6. The van der Waals surface area contributed by atoms with Crippen LogP contribution in [-0.4, -0.2) is 33.4 Å². The lowest BCUT2D eigenvalue weighted by Crippen LogP contribution is -2.03. The molecule has 5 aromatic rings. The van der Waals surface area contributed by atoms with E-state index in [0.29, 0.717) is 0 Å². The Balaban J connectivity index is 0.000000187. The molecule has 0 aliphatic rings. The van der Waals surface area contributed by atoms with Crippen LogP contribution in [0.25, 0.3) is 15.7 Å². The molecule has 0 radical (unpaired) electrons. The molecule has 5 rings (SSSR count). The fourth-order valence-corrected chi connectivity index (χ4v) is 4.87. The van der Waals surface area contributed by atoms with Crippen molar-refractivity contribution in [3.8, 4) is 23.0 Å². The normalized spacial score (nSPS) is 11.0. The molecule has 0 aliphatic carbocycles. The lowest BCUT2D eigenvalue weighted by Gasteiger charge is -2.19. The number of aromatic hydroxyl groups is 4. The van der Waals surface area contributed by atoms with Crippen LogP contribution >= 0.6 is 0 Å². The number of hydrogen-bond donors (Lipinski definition) is 4. The summed E-state index contributed by atoms with van der Waals surface area (Å²) in [6.07, 6.45) is 0. The molecule has 0 fully saturated rings. The second-order valence-electron chi connectivity index (χ2n) is 8.55. The lowest BCUT2D eigenvalue weighted by atomic mass is 9.85. The maximum absolute atomic E-state index is 11.0. The molecule has 9 nitrogen and oxygen atoms in total. The van der Waals surface area contributed by atoms with Gasteiger partial charge in [-0.25, -0.2) is 8.42 Å². The number of rotatable bonds is 4. The highest BCUT2D eigenvalue weighted by atomic mass is 32.2. The summed E-state index contributed by atoms with van der Waals surface area (Å²) in [6, 6.07) is 27.6. The van der Waals surface area contributed by atoms with Gasteiger partial charge in [0.2, 0.25) is 11.1 Å². The highest BCUT2D eigenvalue weighted by Crippen LogP contribution is 2.37. The van der Waals surface area contributed by atoms with E-state index in [4.69, 9.17) is 5.39 Å². The van der Waals surface area contributed by atoms with Crippen molar-refractivity contribution in [1.29, 1.82) is 5.39 Å². The monoisotopic (exact) mass is 542 g/mol. The van der Waals surface area contributed by atoms with E-state index in [1.54, 1.807) is 36.4 Å². The van der Waals surface area contributed by atoms with Gasteiger partial charge in [0, 0.05) is 22.8 Å². The van der Waals surface area contributed by atoms with Gasteiger partial charge in [-0.3, -0.25) is 0 Å². The summed E-state index contributed by atoms with van der Waals surface area (Å²) >= 11 is 0. The first kappa shape index (κ1) is 26.9. The number of nitrogens with zero attached hydrogens (tertiary/aromatic N) is 2. The van der Waals surface area contributed by atoms with Crippen LogP contribution in [0.3, 0.4) is 0 Å². The Morgan fingerprint density at radius 2 is 1.05 bits per heavy atom. The summed E-state index contributed by atoms with van der Waals surface area (Å²) in [7, 11) is -4.62. The van der Waals surface area contributed by atoms with Gasteiger partial charge in [0.05, 0.1) is 4.90 Å². The molecule has 0 amide bonds. The van der Waals surface area contributed by atoms with E-state index in [2.05, 4.69) is 4.98 Å². The van der Waals surface area contributed by atoms with Gasteiger partial charge in [-0.1, -0.05) is 48.5 Å². The minimum atomic E-state index is -4.62. The van der Waals surface area contributed by atoms with E-state index in [9.17, 15) is 33.4 Å². The minimum absolute atomic E-state index is 0.0400. The molecule has 0 unspecified atom stereocenters. The van der Waals surface area contributed by atoms with Gasteiger partial charge in [0.1, 0.15) is 27.4 Å². The molecule has 0 spiro atoms. The number of phenolic OH excluding ortho intramolecular Hbond substituents is 4. The average molecular weight is 543 g/mol. The molecule has 0 aromatic heterocycles. The van der Waals surface area contributed by atoms with Crippen LogP contribution in [0.15, 0.2) is 108 Å². The van der Waals surface area contributed by atoms with E-state index in [0.717, 1.165) is 22.8 Å². The minimum Gasteiger partial charge on any atom is -0.744 e. The maximum Gasteiger partial charge on any atom is 0.426 e. The highest BCUT2D eigenvalue weighted by molar-refractivity contribution is 7.86. The quantitative estimate of drug-likeness (QED) is 0.123. The molecule has 0 atom stereocenters. The molecule has 0 aliphatic heterocycles. The molecule has 10 heteroatoms. The van der Waals surface area contributed by atoms with Crippen LogP contribution in [0.5, 0.6) is 23.0 Å². The van der Waals surface area contributed by atoms with Crippen molar-refractivity contribution in [2.45, 2.75) is 10.8 Å². The molecule has 0 bridgehead atoms. The summed E-state index contributed by atoms with van der Waals surface area (Å²) in [5.74, 6) is 0.244. The zero-order chi connectivity index (χ0) is 28.2. The molecule has 0 saturated heterocycles. The summed E-state index contributed by atoms with van der Waals surface area (Å²) in [4.78, 5) is 2.41. The van der Waals surface area contributed by atoms with Crippen LogP contribution in [-0.2, 0) is 10.1 Å². The zero-order valence-electron chi connectivity index (χ0n) is 20.2. The van der Waals surface area contributed by atoms with E-state index >= 15 is 0 Å². The molecule has 0 saturated carbocycles. The number of benzene rings is 5. The third-order valence-corrected chi connectivity index (χ3v) is 6.92. The molecule has 196 valence electrons. The highest BCUT2D eigenvalue weighted by Gasteiger charge is 2.19. The zero-order valence-corrected chi connectivity index (χ0v) is 21.0. The lowest BCUT2D eigenvalue weighted by molar-refractivity contribution is 0.463. The first-order valence-corrected chi connectivity index (χ1v) is 12.9. The summed E-state index contributed by atoms with van der Waals surface area (Å²) in [5.41, 5.74) is 2.97. The smallest absolute Gasteiger partial charge is 0.426 e. The van der Waals surface area contributed by atoms with Crippen molar-refractivity contribution >= 4 is 26.6 Å². The van der Waals surface area contributed by atoms with Crippen molar-refractivity contribution in [3.05, 3.63) is 125 Å². The Morgan fingerprint density at radius 1 is 0.615 bits per heavy atom. The van der Waals surface area contributed by atoms with Crippen molar-refractivity contribution in [3.63, 3.8) is 0 Å². The van der Waals surface area contributed by atoms with Crippen LogP contribution in [0, 0.1) is 5.39 Å². The van der Waals surface area contributed by atoms with Gasteiger partial charge in [-0.15, -0.1) is 0 Å². The Labute approximate surface area is 223 Å². The predicted molar refractivity (Wildman–Crippen MR) is 144 cm³/mol. The molecule has 39 heavy (non-hydrogen) atoms. The van der Waals surface area contributed by atoms with Gasteiger partial charge < -0.3 is 25.0 Å². The van der Waals surface area contributed by atoms with Gasteiger partial charge in [-0.2, -0.15) is 0 Å². The second kappa shape index (κ2) is 11.1. The molecular weight excluding hydrogens is 520 g/mol. The van der Waals surface area contributed by atoms with Gasteiger partial charge in [-0.05, 0) is 65.2 Å². The van der Waals surface area contributed by atoms with Crippen LogP contribution in [0.2, 0.25) is 0 Å². The summed E-state index contributed by atoms with van der Waals surface area (Å²) in [6.45, 7) is 0. The third-order valence-electron chi connectivity index (χ3n) is 6.03. The number of diazo groups is 1. The second-order valence-corrected chi connectivity index (χ2v) is 9.89. The van der Waals surface area contributed by atoms with Crippen LogP contribution in [0.1, 0.15) is 22.6 Å². The first-order valence-electron chi connectivity index (χ1n) is 11.5. The Morgan fingerprint density at radius 3 is 1.44 bits per heavy atom. The Bertz CT molecular complexity index is 1660. The number of fused-ring (bicyclic) bond motifs is 1. The number of phenols is 4. The van der Waals surface area contributed by atoms with Gasteiger partial charge in [0.25, 0.3) is 0 Å². The Kier molecular flexibility index (Phi) is 7.67. The topological polar surface area (TPSA) is 166 Å². The van der Waals surface area contributed by atoms with Gasteiger partial charge in [0.15, 0.2) is 4.98 Å². The fraction of sp³-hybridized carbons (Fsp3) is 0.0345. The van der Waals surface area contributed by atoms with E-state index in [-0.39, 0.29) is 45.4 Å². The average Bonchev–Trinajstić information content (AvgIpc) is 2.92. The Hall–Kier alpha value is -5.11. The number of hydrogen-bond acceptors (Lipinski definition) is 8. The van der Waals surface area contributed by atoms with Crippen molar-refractivity contribution < 1.29 is 33.4 Å². The largest absolute Gasteiger partial charge is 0.744 e. The van der Waals surface area contributed by atoms with Crippen LogP contribution < -0.4 is 0 Å². The standard InChI is InChI=1S/C19H16O3.C10H6N2O4S/c20-16-7-1-13(2-8-16)19(14-3-9-17(21)10-4-14)15-5-11-18(22)12-6-15;11-12-8-5-4-6-7(10(8)13)2-1-3-9(6)17(14,15)16/h1-12,19-22H;1-5H,(H-,13,14,15,16). The summed E-state index contributed by atoms with van der Waals surface area (Å²) < 4.78 is 33.0. The molecule has 5 aromatic carbocycles. The predicted octanol–water partition coefficient (Wildman–Crippen LogP) is 5.92. The molecular formula is C29H22N2O7S. The van der Waals surface area contributed by atoms with Crippen LogP contribution in [0.4, 0.5) is 5.69 Å². The van der Waals surface area contributed by atoms with Crippen molar-refractivity contribution in [2.75, 3.05) is 0 Å².